The monoisotopic (exact) mass is 689 g/mol. The Bertz CT molecular complexity index is 2760. The van der Waals surface area contributed by atoms with Gasteiger partial charge in [0, 0.05) is 22.4 Å². The van der Waals surface area contributed by atoms with Crippen LogP contribution in [-0.2, 0) is 10.8 Å². The lowest BCUT2D eigenvalue weighted by Crippen LogP contribution is -2.28. The average Bonchev–Trinajstić information content (AvgIpc) is 3.78. The van der Waals surface area contributed by atoms with E-state index in [-0.39, 0.29) is 5.41 Å². The van der Waals surface area contributed by atoms with E-state index >= 15 is 0 Å². The lowest BCUT2D eigenvalue weighted by molar-refractivity contribution is 0.660. The Kier molecular flexibility index (Phi) is 6.50. The first-order chi connectivity index (χ1) is 26.5. The summed E-state index contributed by atoms with van der Waals surface area (Å²) in [5, 5.41) is 0. The Morgan fingerprint density at radius 1 is 0.370 bits per heavy atom. The van der Waals surface area contributed by atoms with Crippen molar-refractivity contribution in [2.24, 2.45) is 0 Å². The first-order valence-corrected chi connectivity index (χ1v) is 19.1. The number of nitrogens with zero attached hydrogens (tertiary/aromatic N) is 1. The highest BCUT2D eigenvalue weighted by Crippen LogP contribution is 2.65. The van der Waals surface area contributed by atoms with Gasteiger partial charge in [-0.25, -0.2) is 0 Å². The minimum absolute atomic E-state index is 0.126. The highest BCUT2D eigenvalue weighted by Gasteiger charge is 2.53. The second kappa shape index (κ2) is 11.3. The van der Waals surface area contributed by atoms with E-state index < -0.39 is 5.41 Å². The number of fused-ring (bicyclic) bond motifs is 13. The van der Waals surface area contributed by atoms with E-state index in [1.807, 2.05) is 0 Å². The summed E-state index contributed by atoms with van der Waals surface area (Å²) in [6, 6.07) is 68.2. The molecule has 0 bridgehead atoms. The van der Waals surface area contributed by atoms with Gasteiger partial charge in [-0.15, -0.1) is 0 Å². The van der Waals surface area contributed by atoms with Crippen molar-refractivity contribution in [3.63, 3.8) is 0 Å². The van der Waals surface area contributed by atoms with Crippen molar-refractivity contribution >= 4 is 17.1 Å². The van der Waals surface area contributed by atoms with Gasteiger partial charge in [-0.3, -0.25) is 0 Å². The molecule has 0 fully saturated rings. The smallest absolute Gasteiger partial charge is 0.0746 e. The van der Waals surface area contributed by atoms with Crippen LogP contribution in [-0.4, -0.2) is 0 Å². The van der Waals surface area contributed by atoms with Crippen LogP contribution in [0.1, 0.15) is 52.8 Å². The van der Waals surface area contributed by atoms with Crippen LogP contribution in [0.25, 0.3) is 44.5 Å². The molecular weight excluding hydrogens is 651 g/mol. The second-order valence-electron chi connectivity index (χ2n) is 15.7. The minimum atomic E-state index is -0.474. The van der Waals surface area contributed by atoms with Crippen molar-refractivity contribution in [2.75, 3.05) is 4.90 Å². The van der Waals surface area contributed by atoms with E-state index in [2.05, 4.69) is 208 Å². The summed E-state index contributed by atoms with van der Waals surface area (Å²) in [5.41, 5.74) is 22.7. The number of anilines is 3. The molecule has 0 saturated carbocycles. The predicted molar refractivity (Wildman–Crippen MR) is 225 cm³/mol. The maximum atomic E-state index is 2.57. The predicted octanol–water partition coefficient (Wildman–Crippen LogP) is 13.8. The lowest BCUT2D eigenvalue weighted by Gasteiger charge is -2.36. The molecule has 3 aliphatic carbocycles. The Hall–Kier alpha value is -6.44. The fraction of sp³-hybridized carbons (Fsp3) is 0.0943. The summed E-state index contributed by atoms with van der Waals surface area (Å²) in [6.45, 7) is 7.03. The van der Waals surface area contributed by atoms with Gasteiger partial charge in [0.05, 0.1) is 11.1 Å². The highest BCUT2D eigenvalue weighted by atomic mass is 15.1. The molecule has 0 radical (unpaired) electrons. The van der Waals surface area contributed by atoms with E-state index in [1.165, 1.54) is 101 Å². The molecule has 1 nitrogen and oxygen atoms in total. The van der Waals surface area contributed by atoms with Gasteiger partial charge in [-0.2, -0.15) is 0 Å². The summed E-state index contributed by atoms with van der Waals surface area (Å²) >= 11 is 0. The normalized spacial score (nSPS) is 14.5. The molecule has 0 aromatic heterocycles. The largest absolute Gasteiger partial charge is 0.310 e. The Labute approximate surface area is 317 Å². The zero-order valence-electron chi connectivity index (χ0n) is 30.8. The number of aryl methyl sites for hydroxylation is 1. The van der Waals surface area contributed by atoms with Crippen molar-refractivity contribution in [1.82, 2.24) is 0 Å². The van der Waals surface area contributed by atoms with Gasteiger partial charge in [0.1, 0.15) is 0 Å². The molecule has 0 saturated heterocycles. The summed E-state index contributed by atoms with van der Waals surface area (Å²) in [6.07, 6.45) is 0. The fourth-order valence-corrected chi connectivity index (χ4v) is 10.3. The van der Waals surface area contributed by atoms with E-state index in [0.717, 1.165) is 0 Å². The summed E-state index contributed by atoms with van der Waals surface area (Å²) in [4.78, 5) is 2.57. The quantitative estimate of drug-likeness (QED) is 0.178. The average molecular weight is 690 g/mol. The summed E-state index contributed by atoms with van der Waals surface area (Å²) in [5.74, 6) is 0. The van der Waals surface area contributed by atoms with Crippen molar-refractivity contribution in [3.05, 3.63) is 221 Å². The van der Waals surface area contributed by atoms with E-state index in [4.69, 9.17) is 0 Å². The molecule has 256 valence electrons. The molecule has 1 spiro atoms. The van der Waals surface area contributed by atoms with Crippen molar-refractivity contribution in [2.45, 2.75) is 31.6 Å². The third kappa shape index (κ3) is 4.04. The van der Waals surface area contributed by atoms with Gasteiger partial charge in [0.25, 0.3) is 0 Å². The summed E-state index contributed by atoms with van der Waals surface area (Å²) in [7, 11) is 0. The standard InChI is InChI=1S/C53H39N/c1-34-32-36(35-16-5-4-6-17-35)28-31-49(34)54(37-29-30-42-38-18-7-11-23-44(38)52(2,3)48(42)33-37)50-27-15-22-43-41-21-10-14-26-47(41)53(51(43)50)45-24-12-8-19-39(45)40-20-9-13-25-46(40)53/h4-33H,1-3H3. The maximum absolute atomic E-state index is 2.57. The molecule has 1 heteroatoms. The second-order valence-corrected chi connectivity index (χ2v) is 15.7. The molecule has 3 aliphatic rings. The van der Waals surface area contributed by atoms with Gasteiger partial charge in [-0.1, -0.05) is 166 Å². The van der Waals surface area contributed by atoms with E-state index in [1.54, 1.807) is 0 Å². The Balaban J connectivity index is 1.22. The third-order valence-electron chi connectivity index (χ3n) is 12.6. The van der Waals surface area contributed by atoms with Crippen LogP contribution in [0.2, 0.25) is 0 Å². The zero-order chi connectivity index (χ0) is 36.2. The Morgan fingerprint density at radius 3 is 1.52 bits per heavy atom. The van der Waals surface area contributed by atoms with Crippen LogP contribution >= 0.6 is 0 Å². The molecule has 0 amide bonds. The molecule has 0 heterocycles. The molecule has 0 aliphatic heterocycles. The highest BCUT2D eigenvalue weighted by molar-refractivity contribution is 6.00. The number of hydrogen-bond acceptors (Lipinski definition) is 1. The van der Waals surface area contributed by atoms with Crippen LogP contribution < -0.4 is 4.90 Å². The topological polar surface area (TPSA) is 3.24 Å². The van der Waals surface area contributed by atoms with Crippen LogP contribution in [0.5, 0.6) is 0 Å². The molecule has 11 rings (SSSR count). The van der Waals surface area contributed by atoms with E-state index in [0.29, 0.717) is 0 Å². The first kappa shape index (κ1) is 31.1. The molecule has 8 aromatic carbocycles. The van der Waals surface area contributed by atoms with Gasteiger partial charge < -0.3 is 4.90 Å². The van der Waals surface area contributed by atoms with Crippen LogP contribution in [0.3, 0.4) is 0 Å². The van der Waals surface area contributed by atoms with Crippen LogP contribution in [0, 0.1) is 6.92 Å². The van der Waals surface area contributed by atoms with Crippen LogP contribution in [0.4, 0.5) is 17.1 Å². The first-order valence-electron chi connectivity index (χ1n) is 19.1. The SMILES string of the molecule is Cc1cc(-c2ccccc2)ccc1N(c1ccc2c(c1)C(C)(C)c1ccccc1-2)c1cccc2c1C1(c3ccccc3-c3ccccc31)c1ccccc1-2. The molecule has 0 unspecified atom stereocenters. The van der Waals surface area contributed by atoms with Crippen molar-refractivity contribution < 1.29 is 0 Å². The van der Waals surface area contributed by atoms with Gasteiger partial charge in [-0.05, 0) is 115 Å². The molecule has 0 N–H and O–H groups in total. The van der Waals surface area contributed by atoms with Crippen LogP contribution in [0.15, 0.2) is 182 Å². The van der Waals surface area contributed by atoms with Gasteiger partial charge in [0.15, 0.2) is 0 Å². The molecular formula is C53H39N. The lowest BCUT2D eigenvalue weighted by atomic mass is 9.70. The minimum Gasteiger partial charge on any atom is -0.310 e. The van der Waals surface area contributed by atoms with E-state index in [9.17, 15) is 0 Å². The fourth-order valence-electron chi connectivity index (χ4n) is 10.3. The zero-order valence-corrected chi connectivity index (χ0v) is 30.8. The Morgan fingerprint density at radius 2 is 0.889 bits per heavy atom. The van der Waals surface area contributed by atoms with Crippen molar-refractivity contribution in [1.29, 1.82) is 0 Å². The molecule has 54 heavy (non-hydrogen) atoms. The maximum Gasteiger partial charge on any atom is 0.0746 e. The number of benzene rings is 8. The molecule has 0 atom stereocenters. The van der Waals surface area contributed by atoms with Gasteiger partial charge in [0.2, 0.25) is 0 Å². The number of hydrogen-bond donors (Lipinski definition) is 0. The summed E-state index contributed by atoms with van der Waals surface area (Å²) < 4.78 is 0. The number of rotatable bonds is 4. The van der Waals surface area contributed by atoms with Gasteiger partial charge >= 0.3 is 0 Å². The molecule has 8 aromatic rings. The third-order valence-corrected chi connectivity index (χ3v) is 12.6. The van der Waals surface area contributed by atoms with Crippen molar-refractivity contribution in [3.8, 4) is 44.5 Å².